The van der Waals surface area contributed by atoms with Crippen molar-refractivity contribution < 1.29 is 4.39 Å². The number of benzene rings is 1. The van der Waals surface area contributed by atoms with E-state index in [0.717, 1.165) is 12.8 Å². The van der Waals surface area contributed by atoms with Crippen LogP contribution in [0.4, 0.5) is 10.1 Å². The second-order valence-corrected chi connectivity index (χ2v) is 5.14. The molecule has 1 rings (SSSR count). The summed E-state index contributed by atoms with van der Waals surface area (Å²) in [5, 5.41) is 2.83. The lowest BCUT2D eigenvalue weighted by Crippen LogP contribution is -2.26. The number of nitrogens with one attached hydrogen (secondary N) is 1. The first-order valence-electron chi connectivity index (χ1n) is 7.78. The van der Waals surface area contributed by atoms with Gasteiger partial charge in [0.2, 0.25) is 11.9 Å². The first kappa shape index (κ1) is 17.9. The van der Waals surface area contributed by atoms with Gasteiger partial charge in [0.05, 0.1) is 0 Å². The molecule has 22 heavy (non-hydrogen) atoms. The quantitative estimate of drug-likeness (QED) is 0.391. The van der Waals surface area contributed by atoms with Crippen molar-refractivity contribution in [2.75, 3.05) is 11.9 Å². The number of hydrogen-bond donors (Lipinski definition) is 3. The Morgan fingerprint density at radius 3 is 2.36 bits per heavy atom. The summed E-state index contributed by atoms with van der Waals surface area (Å²) in [6.45, 7) is 2.86. The molecule has 0 saturated carbocycles. The molecule has 5 nitrogen and oxygen atoms in total. The van der Waals surface area contributed by atoms with Crippen LogP contribution in [0.3, 0.4) is 0 Å². The Bertz CT molecular complexity index is 482. The van der Waals surface area contributed by atoms with Crippen LogP contribution in [0.2, 0.25) is 0 Å². The molecule has 0 amide bonds. The van der Waals surface area contributed by atoms with Gasteiger partial charge in [0.1, 0.15) is 5.82 Å². The van der Waals surface area contributed by atoms with Gasteiger partial charge in [-0.25, -0.2) is 4.39 Å². The fourth-order valence-electron chi connectivity index (χ4n) is 1.95. The highest BCUT2D eigenvalue weighted by atomic mass is 19.1. The number of hydrogen-bond acceptors (Lipinski definition) is 1. The number of halogens is 1. The third-order valence-corrected chi connectivity index (χ3v) is 3.14. The smallest absolute Gasteiger partial charge is 0.218 e. The average Bonchev–Trinajstić information content (AvgIpc) is 2.48. The number of guanidine groups is 2. The maximum absolute atomic E-state index is 12.8. The van der Waals surface area contributed by atoms with Gasteiger partial charge in [-0.3, -0.25) is 4.99 Å². The average molecular weight is 307 g/mol. The standard InChI is InChI=1S/C16H26FN5/c1-2-3-4-5-6-7-12-20-15(18)22-16(19)21-14-10-8-13(17)9-11-14/h8-11H,2-7,12H2,1H3,(H5,18,19,20,21,22). The van der Waals surface area contributed by atoms with Crippen molar-refractivity contribution in [1.29, 1.82) is 0 Å². The van der Waals surface area contributed by atoms with Crippen LogP contribution < -0.4 is 16.8 Å². The summed E-state index contributed by atoms with van der Waals surface area (Å²) in [6.07, 6.45) is 7.22. The fraction of sp³-hybridized carbons (Fsp3) is 0.500. The van der Waals surface area contributed by atoms with Crippen LogP contribution in [0, 0.1) is 5.82 Å². The molecule has 0 unspecified atom stereocenters. The molecule has 0 bridgehead atoms. The predicted octanol–water partition coefficient (Wildman–Crippen LogP) is 3.23. The van der Waals surface area contributed by atoms with Crippen LogP contribution in [-0.4, -0.2) is 18.5 Å². The summed E-state index contributed by atoms with van der Waals surface area (Å²) in [5.41, 5.74) is 12.1. The van der Waals surface area contributed by atoms with Crippen molar-refractivity contribution in [1.82, 2.24) is 0 Å². The van der Waals surface area contributed by atoms with Crippen molar-refractivity contribution in [2.45, 2.75) is 45.4 Å². The van der Waals surface area contributed by atoms with Crippen molar-refractivity contribution in [3.63, 3.8) is 0 Å². The van der Waals surface area contributed by atoms with E-state index in [1.807, 2.05) is 0 Å². The molecule has 0 fully saturated rings. The minimum Gasteiger partial charge on any atom is -0.369 e. The Hall–Kier alpha value is -2.11. The molecule has 0 aliphatic heterocycles. The first-order chi connectivity index (χ1) is 10.6. The SMILES string of the molecule is CCCCCCCCN=C(N)/N=C(\N)Nc1ccc(F)cc1. The Morgan fingerprint density at radius 1 is 1.05 bits per heavy atom. The summed E-state index contributed by atoms with van der Waals surface area (Å²) in [6, 6.07) is 5.82. The third kappa shape index (κ3) is 8.24. The zero-order valence-corrected chi connectivity index (χ0v) is 13.2. The van der Waals surface area contributed by atoms with Gasteiger partial charge in [0, 0.05) is 12.2 Å². The molecule has 1 aromatic carbocycles. The number of aliphatic imine (C=N–C) groups is 2. The second kappa shape index (κ2) is 10.6. The summed E-state index contributed by atoms with van der Waals surface area (Å²) in [5.74, 6) is -0.0162. The largest absolute Gasteiger partial charge is 0.369 e. The van der Waals surface area contributed by atoms with E-state index >= 15 is 0 Å². The van der Waals surface area contributed by atoms with Crippen LogP contribution in [-0.2, 0) is 0 Å². The zero-order valence-electron chi connectivity index (χ0n) is 13.2. The predicted molar refractivity (Wildman–Crippen MR) is 91.5 cm³/mol. The van der Waals surface area contributed by atoms with Gasteiger partial charge in [-0.2, -0.15) is 4.99 Å². The Balaban J connectivity index is 2.30. The van der Waals surface area contributed by atoms with Crippen LogP contribution in [0.1, 0.15) is 45.4 Å². The van der Waals surface area contributed by atoms with Crippen molar-refractivity contribution >= 4 is 17.6 Å². The molecule has 122 valence electrons. The summed E-state index contributed by atoms with van der Waals surface area (Å²) < 4.78 is 12.8. The van der Waals surface area contributed by atoms with Crippen LogP contribution >= 0.6 is 0 Å². The summed E-state index contributed by atoms with van der Waals surface area (Å²) >= 11 is 0. The van der Waals surface area contributed by atoms with Crippen LogP contribution in [0.5, 0.6) is 0 Å². The van der Waals surface area contributed by atoms with Crippen LogP contribution in [0.15, 0.2) is 34.3 Å². The molecular formula is C16H26FN5. The summed E-state index contributed by atoms with van der Waals surface area (Å²) in [4.78, 5) is 8.12. The first-order valence-corrected chi connectivity index (χ1v) is 7.78. The van der Waals surface area contributed by atoms with E-state index in [9.17, 15) is 4.39 Å². The van der Waals surface area contributed by atoms with Crippen LogP contribution in [0.25, 0.3) is 0 Å². The van der Waals surface area contributed by atoms with Gasteiger partial charge in [-0.1, -0.05) is 39.0 Å². The molecule has 0 radical (unpaired) electrons. The lowest BCUT2D eigenvalue weighted by atomic mass is 10.1. The van der Waals surface area contributed by atoms with Crippen molar-refractivity contribution in [3.8, 4) is 0 Å². The van der Waals surface area contributed by atoms with Gasteiger partial charge in [-0.15, -0.1) is 0 Å². The van der Waals surface area contributed by atoms with Gasteiger partial charge in [-0.05, 0) is 30.7 Å². The monoisotopic (exact) mass is 307 g/mol. The molecule has 5 N–H and O–H groups in total. The second-order valence-electron chi connectivity index (χ2n) is 5.14. The molecule has 0 heterocycles. The molecule has 0 aliphatic rings. The molecule has 6 heteroatoms. The van der Waals surface area contributed by atoms with Gasteiger partial charge in [0.25, 0.3) is 0 Å². The lowest BCUT2D eigenvalue weighted by Gasteiger charge is -2.05. The third-order valence-electron chi connectivity index (χ3n) is 3.14. The molecule has 0 aromatic heterocycles. The van der Waals surface area contributed by atoms with E-state index < -0.39 is 0 Å². The maximum Gasteiger partial charge on any atom is 0.218 e. The fourth-order valence-corrected chi connectivity index (χ4v) is 1.95. The number of nitrogens with two attached hydrogens (primary N) is 2. The van der Waals surface area contributed by atoms with E-state index in [4.69, 9.17) is 11.5 Å². The van der Waals surface area contributed by atoms with E-state index in [2.05, 4.69) is 22.2 Å². The number of anilines is 1. The summed E-state index contributed by atoms with van der Waals surface area (Å²) in [7, 11) is 0. The van der Waals surface area contributed by atoms with E-state index in [1.54, 1.807) is 12.1 Å². The number of nitrogens with zero attached hydrogens (tertiary/aromatic N) is 2. The molecule has 0 atom stereocenters. The molecule has 0 aliphatic carbocycles. The minimum atomic E-state index is -0.305. The molecule has 0 saturated heterocycles. The Morgan fingerprint density at radius 2 is 1.68 bits per heavy atom. The number of rotatable bonds is 8. The molecule has 0 spiro atoms. The van der Waals surface area contributed by atoms with Gasteiger partial charge in [0.15, 0.2) is 0 Å². The van der Waals surface area contributed by atoms with Gasteiger partial charge >= 0.3 is 0 Å². The van der Waals surface area contributed by atoms with E-state index in [0.29, 0.717) is 12.2 Å². The minimum absolute atomic E-state index is 0.135. The Labute approximate surface area is 131 Å². The van der Waals surface area contributed by atoms with E-state index in [1.165, 1.54) is 37.8 Å². The molecule has 1 aromatic rings. The van der Waals surface area contributed by atoms with Crippen molar-refractivity contribution in [2.24, 2.45) is 21.5 Å². The Kier molecular flexibility index (Phi) is 8.64. The van der Waals surface area contributed by atoms with Gasteiger partial charge < -0.3 is 16.8 Å². The highest BCUT2D eigenvalue weighted by molar-refractivity contribution is 6.00. The number of unbranched alkanes of at least 4 members (excludes halogenated alkanes) is 5. The maximum atomic E-state index is 12.8. The highest BCUT2D eigenvalue weighted by Gasteiger charge is 1.97. The topological polar surface area (TPSA) is 88.8 Å². The lowest BCUT2D eigenvalue weighted by molar-refractivity contribution is 0.612. The zero-order chi connectivity index (χ0) is 16.2. The van der Waals surface area contributed by atoms with E-state index in [-0.39, 0.29) is 17.7 Å². The van der Waals surface area contributed by atoms with Crippen molar-refractivity contribution in [3.05, 3.63) is 30.1 Å². The molecular weight excluding hydrogens is 281 g/mol. The highest BCUT2D eigenvalue weighted by Crippen LogP contribution is 2.07. The normalized spacial score (nSPS) is 12.5.